The quantitative estimate of drug-likeness (QED) is 0.439. The van der Waals surface area contributed by atoms with Gasteiger partial charge in [0.05, 0.1) is 11.2 Å². The van der Waals surface area contributed by atoms with Crippen molar-refractivity contribution in [2.75, 3.05) is 26.3 Å². The molecule has 1 aromatic carbocycles. The van der Waals surface area contributed by atoms with E-state index < -0.39 is 6.10 Å². The van der Waals surface area contributed by atoms with Gasteiger partial charge in [-0.15, -0.1) is 0 Å². The summed E-state index contributed by atoms with van der Waals surface area (Å²) in [7, 11) is 0. The molecule has 8 heteroatoms. The van der Waals surface area contributed by atoms with Crippen LogP contribution in [0.25, 0.3) is 10.9 Å². The number of nitrogens with zero attached hydrogens (tertiary/aromatic N) is 1. The number of hydrogen-bond donors (Lipinski definition) is 2. The Morgan fingerprint density at radius 1 is 1.26 bits per heavy atom. The third kappa shape index (κ3) is 5.18. The van der Waals surface area contributed by atoms with Gasteiger partial charge in [-0.1, -0.05) is 25.5 Å². The number of halogens is 1. The molecule has 2 aromatic rings. The Hall–Kier alpha value is -2.97. The largest absolute Gasteiger partial charge is 0.486 e. The van der Waals surface area contributed by atoms with E-state index in [9.17, 15) is 4.79 Å². The Morgan fingerprint density at radius 2 is 2.14 bits per heavy atom. The first kappa shape index (κ1) is 23.8. The van der Waals surface area contributed by atoms with Crippen LogP contribution in [0.5, 0.6) is 11.5 Å². The van der Waals surface area contributed by atoms with E-state index >= 15 is 4.39 Å². The maximum atomic E-state index is 15.0. The van der Waals surface area contributed by atoms with E-state index in [0.29, 0.717) is 25.5 Å². The number of ether oxygens (including phenoxy) is 3. The van der Waals surface area contributed by atoms with Gasteiger partial charge in [0, 0.05) is 23.5 Å². The lowest BCUT2D eigenvalue weighted by Crippen LogP contribution is -2.42. The van der Waals surface area contributed by atoms with Crippen molar-refractivity contribution in [2.45, 2.75) is 45.3 Å². The molecule has 1 aromatic heterocycles. The van der Waals surface area contributed by atoms with Crippen molar-refractivity contribution in [3.8, 4) is 11.5 Å². The van der Waals surface area contributed by atoms with Gasteiger partial charge in [0.1, 0.15) is 31.2 Å². The minimum absolute atomic E-state index is 0.0339. The first-order valence-electron chi connectivity index (χ1n) is 12.4. The SMILES string of the molecule is CCC(CCNC[C@H]1COc2ccc3nc(C)ccc3c2O1)CC1C=CC2OCC(=O)NC2=C1F. The summed E-state index contributed by atoms with van der Waals surface area (Å²) in [6.45, 7) is 6.03. The number of aryl methyl sites for hydroxylation is 1. The third-order valence-electron chi connectivity index (χ3n) is 6.95. The zero-order valence-corrected chi connectivity index (χ0v) is 20.2. The van der Waals surface area contributed by atoms with Gasteiger partial charge in [0.2, 0.25) is 5.91 Å². The molecule has 3 unspecified atom stereocenters. The minimum atomic E-state index is -0.481. The van der Waals surface area contributed by atoms with Crippen LogP contribution in [0.1, 0.15) is 31.9 Å². The van der Waals surface area contributed by atoms with Crippen LogP contribution >= 0.6 is 0 Å². The molecule has 0 saturated carbocycles. The van der Waals surface area contributed by atoms with Gasteiger partial charge in [0.25, 0.3) is 0 Å². The van der Waals surface area contributed by atoms with Crippen LogP contribution in [0.4, 0.5) is 4.39 Å². The van der Waals surface area contributed by atoms with E-state index in [1.54, 1.807) is 0 Å². The molecular weight excluding hydrogens is 449 g/mol. The zero-order chi connectivity index (χ0) is 24.4. The fourth-order valence-corrected chi connectivity index (χ4v) is 4.95. The van der Waals surface area contributed by atoms with Crippen molar-refractivity contribution in [2.24, 2.45) is 11.8 Å². The molecule has 3 heterocycles. The number of hydrogen-bond acceptors (Lipinski definition) is 6. The number of pyridine rings is 1. The molecule has 1 amide bonds. The normalized spacial score (nSPS) is 24.3. The number of nitrogens with one attached hydrogen (secondary N) is 2. The molecule has 3 aliphatic rings. The molecule has 2 N–H and O–H groups in total. The molecule has 0 radical (unpaired) electrons. The van der Waals surface area contributed by atoms with Crippen molar-refractivity contribution in [1.82, 2.24) is 15.6 Å². The van der Waals surface area contributed by atoms with E-state index in [0.717, 1.165) is 47.5 Å². The summed E-state index contributed by atoms with van der Waals surface area (Å²) in [6, 6.07) is 7.89. The van der Waals surface area contributed by atoms with Gasteiger partial charge in [-0.05, 0) is 56.5 Å². The predicted octanol–water partition coefficient (Wildman–Crippen LogP) is 3.96. The first-order valence-corrected chi connectivity index (χ1v) is 12.4. The second kappa shape index (κ2) is 10.3. The van der Waals surface area contributed by atoms with Crippen molar-refractivity contribution in [3.63, 3.8) is 0 Å². The molecule has 0 spiro atoms. The molecule has 4 atom stereocenters. The average molecular weight is 482 g/mol. The topological polar surface area (TPSA) is 81.7 Å². The van der Waals surface area contributed by atoms with Crippen LogP contribution in [0.15, 0.2) is 47.9 Å². The molecule has 0 bridgehead atoms. The smallest absolute Gasteiger partial charge is 0.250 e. The maximum Gasteiger partial charge on any atom is 0.250 e. The molecule has 1 fully saturated rings. The number of allylic oxidation sites excluding steroid dienone is 2. The van der Waals surface area contributed by atoms with Crippen LogP contribution < -0.4 is 20.1 Å². The van der Waals surface area contributed by atoms with Crippen LogP contribution in [0.3, 0.4) is 0 Å². The van der Waals surface area contributed by atoms with Crippen LogP contribution in [0, 0.1) is 18.8 Å². The number of fused-ring (bicyclic) bond motifs is 4. The molecule has 7 nitrogen and oxygen atoms in total. The Labute approximate surface area is 204 Å². The highest BCUT2D eigenvalue weighted by molar-refractivity contribution is 5.88. The number of benzene rings is 1. The summed E-state index contributed by atoms with van der Waals surface area (Å²) >= 11 is 0. The molecule has 186 valence electrons. The number of amides is 1. The lowest BCUT2D eigenvalue weighted by Gasteiger charge is -2.31. The van der Waals surface area contributed by atoms with Gasteiger partial charge < -0.3 is 24.8 Å². The van der Waals surface area contributed by atoms with Crippen molar-refractivity contribution in [3.05, 3.63) is 53.6 Å². The van der Waals surface area contributed by atoms with E-state index in [1.165, 1.54) is 0 Å². The fraction of sp³-hybridized carbons (Fsp3) is 0.481. The molecule has 2 aliphatic heterocycles. The standard InChI is InChI=1S/C27H32FN3O4/c1-3-17(12-18-5-8-22-26(25(18)28)31-24(32)15-34-22)10-11-29-13-19-14-33-23-9-7-21-20(27(23)35-19)6-4-16(2)30-21/h4-9,17-19,22,29H,3,10-15H2,1-2H3,(H,31,32)/t17?,18?,19-,22?/m0/s1. The van der Waals surface area contributed by atoms with Gasteiger partial charge in [-0.3, -0.25) is 9.78 Å². The van der Waals surface area contributed by atoms with E-state index in [2.05, 4.69) is 22.5 Å². The van der Waals surface area contributed by atoms with Crippen LogP contribution in [-0.4, -0.2) is 49.4 Å². The molecule has 5 rings (SSSR count). The summed E-state index contributed by atoms with van der Waals surface area (Å²) in [6.07, 6.45) is 5.73. The lowest BCUT2D eigenvalue weighted by atomic mass is 9.85. The summed E-state index contributed by atoms with van der Waals surface area (Å²) < 4.78 is 32.6. The number of carbonyl (C=O) groups excluding carboxylic acids is 1. The zero-order valence-electron chi connectivity index (χ0n) is 20.2. The second-order valence-electron chi connectivity index (χ2n) is 9.50. The Balaban J connectivity index is 1.12. The van der Waals surface area contributed by atoms with Gasteiger partial charge in [-0.25, -0.2) is 4.39 Å². The van der Waals surface area contributed by atoms with Gasteiger partial charge in [0.15, 0.2) is 11.5 Å². The monoisotopic (exact) mass is 481 g/mol. The van der Waals surface area contributed by atoms with E-state index in [1.807, 2.05) is 43.3 Å². The van der Waals surface area contributed by atoms with Crippen molar-refractivity contribution < 1.29 is 23.4 Å². The highest BCUT2D eigenvalue weighted by atomic mass is 19.1. The predicted molar refractivity (Wildman–Crippen MR) is 131 cm³/mol. The molecule has 1 saturated heterocycles. The third-order valence-corrected chi connectivity index (χ3v) is 6.95. The maximum absolute atomic E-state index is 15.0. The summed E-state index contributed by atoms with van der Waals surface area (Å²) in [5.41, 5.74) is 2.14. The fourth-order valence-electron chi connectivity index (χ4n) is 4.95. The lowest BCUT2D eigenvalue weighted by molar-refractivity contribution is -0.129. The van der Waals surface area contributed by atoms with Crippen molar-refractivity contribution >= 4 is 16.8 Å². The Morgan fingerprint density at radius 3 is 3.00 bits per heavy atom. The molecule has 35 heavy (non-hydrogen) atoms. The van der Waals surface area contributed by atoms with Crippen LogP contribution in [0.2, 0.25) is 0 Å². The number of morpholine rings is 1. The second-order valence-corrected chi connectivity index (χ2v) is 9.50. The number of rotatable bonds is 8. The summed E-state index contributed by atoms with van der Waals surface area (Å²) in [5.74, 6) is 0.953. The summed E-state index contributed by atoms with van der Waals surface area (Å²) in [5, 5.41) is 7.09. The Kier molecular flexibility index (Phi) is 7.02. The minimum Gasteiger partial charge on any atom is -0.486 e. The number of carbonyl (C=O) groups is 1. The number of aromatic nitrogens is 1. The average Bonchev–Trinajstić information content (AvgIpc) is 2.87. The highest BCUT2D eigenvalue weighted by Crippen LogP contribution is 2.38. The highest BCUT2D eigenvalue weighted by Gasteiger charge is 2.32. The molecular formula is C27H32FN3O4. The van der Waals surface area contributed by atoms with E-state index in [4.69, 9.17) is 14.2 Å². The molecule has 1 aliphatic carbocycles. The van der Waals surface area contributed by atoms with E-state index in [-0.39, 0.29) is 36.1 Å². The van der Waals surface area contributed by atoms with Crippen LogP contribution in [-0.2, 0) is 9.53 Å². The Bertz CT molecular complexity index is 1160. The van der Waals surface area contributed by atoms with Gasteiger partial charge >= 0.3 is 0 Å². The van der Waals surface area contributed by atoms with Crippen molar-refractivity contribution in [1.29, 1.82) is 0 Å². The summed E-state index contributed by atoms with van der Waals surface area (Å²) in [4.78, 5) is 16.2. The first-order chi connectivity index (χ1) is 17.0. The van der Waals surface area contributed by atoms with Gasteiger partial charge in [-0.2, -0.15) is 0 Å².